The van der Waals surface area contributed by atoms with Gasteiger partial charge in [-0.2, -0.15) is 0 Å². The van der Waals surface area contributed by atoms with E-state index in [0.717, 1.165) is 23.9 Å². The number of rotatable bonds is 4. The first-order valence-electron chi connectivity index (χ1n) is 9.04. The highest BCUT2D eigenvalue weighted by Crippen LogP contribution is 2.35. The van der Waals surface area contributed by atoms with Gasteiger partial charge in [0.2, 0.25) is 0 Å². The van der Waals surface area contributed by atoms with Crippen LogP contribution in [0, 0.1) is 11.8 Å². The maximum Gasteiger partial charge on any atom is 0.0304 e. The van der Waals surface area contributed by atoms with Gasteiger partial charge < -0.3 is 5.32 Å². The minimum atomic E-state index is 0.371. The summed E-state index contributed by atoms with van der Waals surface area (Å²) in [4.78, 5) is 2.90. The molecule has 118 valence electrons. The van der Waals surface area contributed by atoms with Gasteiger partial charge in [0, 0.05) is 30.7 Å². The largest absolute Gasteiger partial charge is 0.308 e. The molecule has 20 heavy (non-hydrogen) atoms. The lowest BCUT2D eigenvalue weighted by Gasteiger charge is -2.52. The van der Waals surface area contributed by atoms with Gasteiger partial charge in [0.15, 0.2) is 0 Å². The Morgan fingerprint density at radius 3 is 2.10 bits per heavy atom. The molecule has 0 aromatic rings. The second-order valence-electron chi connectivity index (χ2n) is 7.67. The Labute approximate surface area is 126 Å². The third-order valence-electron chi connectivity index (χ3n) is 6.11. The van der Waals surface area contributed by atoms with Crippen molar-refractivity contribution in [1.82, 2.24) is 10.2 Å². The van der Waals surface area contributed by atoms with Crippen LogP contribution in [-0.4, -0.2) is 35.6 Å². The summed E-state index contributed by atoms with van der Waals surface area (Å²) < 4.78 is 0. The fourth-order valence-corrected chi connectivity index (χ4v) is 4.69. The van der Waals surface area contributed by atoms with E-state index < -0.39 is 0 Å². The number of nitrogens with one attached hydrogen (secondary N) is 1. The van der Waals surface area contributed by atoms with Crippen molar-refractivity contribution in [1.29, 1.82) is 0 Å². The van der Waals surface area contributed by atoms with Crippen molar-refractivity contribution >= 4 is 0 Å². The third kappa shape index (κ3) is 3.39. The molecule has 1 heterocycles. The van der Waals surface area contributed by atoms with E-state index >= 15 is 0 Å². The van der Waals surface area contributed by atoms with Gasteiger partial charge in [-0.25, -0.2) is 0 Å². The lowest BCUT2D eigenvalue weighted by Crippen LogP contribution is -2.66. The third-order valence-corrected chi connectivity index (χ3v) is 6.11. The molecular weight excluding hydrogens is 244 g/mol. The molecule has 0 spiro atoms. The molecule has 1 aliphatic heterocycles. The Morgan fingerprint density at radius 2 is 1.60 bits per heavy atom. The molecule has 2 heteroatoms. The van der Waals surface area contributed by atoms with E-state index in [1.54, 1.807) is 0 Å². The van der Waals surface area contributed by atoms with E-state index in [1.165, 1.54) is 51.6 Å². The lowest BCUT2D eigenvalue weighted by molar-refractivity contribution is 0.00543. The smallest absolute Gasteiger partial charge is 0.0304 e. The molecule has 2 aliphatic rings. The monoisotopic (exact) mass is 280 g/mol. The molecule has 2 fully saturated rings. The number of piperazine rings is 1. The minimum Gasteiger partial charge on any atom is -0.308 e. The summed E-state index contributed by atoms with van der Waals surface area (Å²) in [5.41, 5.74) is 0.371. The number of hydrogen-bond donors (Lipinski definition) is 1. The van der Waals surface area contributed by atoms with Crippen LogP contribution in [0.4, 0.5) is 0 Å². The minimum absolute atomic E-state index is 0.371. The van der Waals surface area contributed by atoms with Gasteiger partial charge in [-0.05, 0) is 50.4 Å². The molecule has 1 N–H and O–H groups in total. The molecule has 0 radical (unpaired) electrons. The van der Waals surface area contributed by atoms with Crippen LogP contribution in [0.2, 0.25) is 0 Å². The fourth-order valence-electron chi connectivity index (χ4n) is 4.69. The van der Waals surface area contributed by atoms with Crippen LogP contribution < -0.4 is 5.32 Å². The Bertz CT molecular complexity index is 288. The Morgan fingerprint density at radius 1 is 1.00 bits per heavy atom. The molecule has 2 rings (SSSR count). The van der Waals surface area contributed by atoms with Crippen molar-refractivity contribution < 1.29 is 0 Å². The lowest BCUT2D eigenvalue weighted by atomic mass is 9.77. The van der Waals surface area contributed by atoms with E-state index in [9.17, 15) is 0 Å². The van der Waals surface area contributed by atoms with Crippen LogP contribution in [-0.2, 0) is 0 Å². The van der Waals surface area contributed by atoms with Crippen molar-refractivity contribution in [3.8, 4) is 0 Å². The van der Waals surface area contributed by atoms with Crippen molar-refractivity contribution in [3.05, 3.63) is 0 Å². The quantitative estimate of drug-likeness (QED) is 0.835. The zero-order valence-electron chi connectivity index (χ0n) is 14.4. The van der Waals surface area contributed by atoms with Crippen molar-refractivity contribution in [2.75, 3.05) is 13.1 Å². The van der Waals surface area contributed by atoms with E-state index in [-0.39, 0.29) is 0 Å². The predicted molar refractivity (Wildman–Crippen MR) is 88.1 cm³/mol. The van der Waals surface area contributed by atoms with Crippen LogP contribution >= 0.6 is 0 Å². The van der Waals surface area contributed by atoms with Crippen LogP contribution in [0.3, 0.4) is 0 Å². The Kier molecular flexibility index (Phi) is 5.53. The van der Waals surface area contributed by atoms with Gasteiger partial charge in [0.25, 0.3) is 0 Å². The van der Waals surface area contributed by atoms with E-state index in [1.807, 2.05) is 0 Å². The topological polar surface area (TPSA) is 15.3 Å². The highest BCUT2D eigenvalue weighted by atomic mass is 15.3. The molecule has 3 unspecified atom stereocenters. The molecule has 0 amide bonds. The van der Waals surface area contributed by atoms with Crippen LogP contribution in [0.1, 0.15) is 73.1 Å². The fraction of sp³-hybridized carbons (Fsp3) is 1.00. The first kappa shape index (κ1) is 16.3. The molecule has 0 aromatic carbocycles. The summed E-state index contributed by atoms with van der Waals surface area (Å²) in [7, 11) is 0. The number of hydrogen-bond acceptors (Lipinski definition) is 2. The summed E-state index contributed by atoms with van der Waals surface area (Å²) in [5.74, 6) is 1.82. The average molecular weight is 280 g/mol. The van der Waals surface area contributed by atoms with Gasteiger partial charge in [-0.3, -0.25) is 4.90 Å². The van der Waals surface area contributed by atoms with Gasteiger partial charge >= 0.3 is 0 Å². The highest BCUT2D eigenvalue weighted by molar-refractivity contribution is 4.99. The first-order chi connectivity index (χ1) is 9.53. The molecule has 0 bridgehead atoms. The van der Waals surface area contributed by atoms with Crippen molar-refractivity contribution in [3.63, 3.8) is 0 Å². The van der Waals surface area contributed by atoms with Gasteiger partial charge in [0.05, 0.1) is 0 Å². The first-order valence-corrected chi connectivity index (χ1v) is 9.04. The predicted octanol–water partition coefficient (Wildman–Crippen LogP) is 4.05. The maximum absolute atomic E-state index is 3.88. The van der Waals surface area contributed by atoms with Crippen LogP contribution in [0.15, 0.2) is 0 Å². The molecule has 2 nitrogen and oxygen atoms in total. The summed E-state index contributed by atoms with van der Waals surface area (Å²) in [5, 5.41) is 3.88. The molecular formula is C18H36N2. The Hall–Kier alpha value is -0.0800. The normalized spacial score (nSPS) is 38.9. The molecule has 1 saturated carbocycles. The second kappa shape index (κ2) is 6.79. The zero-order chi connectivity index (χ0) is 14.8. The standard InChI is InChI=1S/C18H36N2/c1-6-16-12-19-18(7-2,8-3)13-20(16)17-10-14(4)9-15(5)11-17/h14-17,19H,6-13H2,1-5H3. The van der Waals surface area contributed by atoms with Crippen molar-refractivity contribution in [2.24, 2.45) is 11.8 Å². The van der Waals surface area contributed by atoms with Gasteiger partial charge in [0.1, 0.15) is 0 Å². The van der Waals surface area contributed by atoms with E-state index in [4.69, 9.17) is 0 Å². The summed E-state index contributed by atoms with van der Waals surface area (Å²) in [6.07, 6.45) is 8.08. The maximum atomic E-state index is 3.88. The van der Waals surface area contributed by atoms with Crippen molar-refractivity contribution in [2.45, 2.75) is 90.8 Å². The molecule has 0 aromatic heterocycles. The summed E-state index contributed by atoms with van der Waals surface area (Å²) >= 11 is 0. The van der Waals surface area contributed by atoms with Crippen LogP contribution in [0.25, 0.3) is 0 Å². The average Bonchev–Trinajstić information content (AvgIpc) is 2.45. The molecule has 1 saturated heterocycles. The van der Waals surface area contributed by atoms with Gasteiger partial charge in [-0.15, -0.1) is 0 Å². The molecule has 3 atom stereocenters. The van der Waals surface area contributed by atoms with E-state index in [0.29, 0.717) is 5.54 Å². The SMILES string of the molecule is CCC1CNC(CC)(CC)CN1C1CC(C)CC(C)C1. The summed E-state index contributed by atoms with van der Waals surface area (Å²) in [6.45, 7) is 14.4. The molecule has 1 aliphatic carbocycles. The highest BCUT2D eigenvalue weighted by Gasteiger charge is 2.40. The summed E-state index contributed by atoms with van der Waals surface area (Å²) in [6, 6.07) is 1.59. The van der Waals surface area contributed by atoms with Gasteiger partial charge in [-0.1, -0.05) is 34.6 Å². The van der Waals surface area contributed by atoms with E-state index in [2.05, 4.69) is 44.8 Å². The Balaban J connectivity index is 2.12. The number of nitrogens with zero attached hydrogens (tertiary/aromatic N) is 1. The van der Waals surface area contributed by atoms with Crippen LogP contribution in [0.5, 0.6) is 0 Å². The zero-order valence-corrected chi connectivity index (χ0v) is 14.4. The second-order valence-corrected chi connectivity index (χ2v) is 7.67.